The molecule has 3 rings (SSSR count). The average molecular weight is 439 g/mol. The van der Waals surface area contributed by atoms with Crippen molar-refractivity contribution < 1.29 is 23.9 Å². The molecule has 0 aromatic heterocycles. The monoisotopic (exact) mass is 438 g/mol. The highest BCUT2D eigenvalue weighted by molar-refractivity contribution is 6.09. The lowest BCUT2D eigenvalue weighted by atomic mass is 9.97. The molecule has 1 heterocycles. The first-order chi connectivity index (χ1) is 15.4. The third kappa shape index (κ3) is 5.55. The number of hydrogen-bond donors (Lipinski definition) is 0. The summed E-state index contributed by atoms with van der Waals surface area (Å²) in [6.07, 6.45) is 2.37. The molecule has 7 heteroatoms. The fourth-order valence-electron chi connectivity index (χ4n) is 3.64. The molecule has 1 atom stereocenters. The lowest BCUT2D eigenvalue weighted by Crippen LogP contribution is -2.58. The standard InChI is InChI=1S/C25H30N2O5/c1-18(2)14-22-24(28)27(32-17-30-3)25(29)23(15-19-8-6-5-7-9-19)26(22)16-20-10-12-21(31-4)13-11-20/h5-13,15,18,22H,14,16-17H2,1-4H3/b23-15-/t22-/m0/s1. The summed E-state index contributed by atoms with van der Waals surface area (Å²) in [6.45, 7) is 4.31. The minimum absolute atomic E-state index is 0.191. The van der Waals surface area contributed by atoms with E-state index >= 15 is 0 Å². The molecule has 2 aromatic rings. The van der Waals surface area contributed by atoms with Gasteiger partial charge in [0.25, 0.3) is 5.91 Å². The molecule has 0 bridgehead atoms. The maximum atomic E-state index is 13.4. The Balaban J connectivity index is 2.05. The zero-order chi connectivity index (χ0) is 23.1. The van der Waals surface area contributed by atoms with Crippen molar-refractivity contribution in [3.8, 4) is 5.75 Å². The number of hydroxylamine groups is 2. The van der Waals surface area contributed by atoms with E-state index in [1.165, 1.54) is 7.11 Å². The number of hydrogen-bond acceptors (Lipinski definition) is 6. The van der Waals surface area contributed by atoms with E-state index in [4.69, 9.17) is 14.3 Å². The quantitative estimate of drug-likeness (QED) is 0.337. The Morgan fingerprint density at radius 2 is 1.69 bits per heavy atom. The largest absolute Gasteiger partial charge is 0.497 e. The number of methoxy groups -OCH3 is 2. The van der Waals surface area contributed by atoms with Gasteiger partial charge in [0.05, 0.1) is 7.11 Å². The summed E-state index contributed by atoms with van der Waals surface area (Å²) in [5, 5.41) is 0.843. The van der Waals surface area contributed by atoms with Gasteiger partial charge in [0.15, 0.2) is 6.79 Å². The lowest BCUT2D eigenvalue weighted by Gasteiger charge is -2.41. The number of benzene rings is 2. The molecule has 32 heavy (non-hydrogen) atoms. The molecule has 1 aliphatic heterocycles. The summed E-state index contributed by atoms with van der Waals surface area (Å²) in [6, 6.07) is 16.6. The Kier molecular flexibility index (Phi) is 8.03. The van der Waals surface area contributed by atoms with Gasteiger partial charge in [-0.05, 0) is 41.7 Å². The van der Waals surface area contributed by atoms with Crippen molar-refractivity contribution >= 4 is 17.9 Å². The summed E-state index contributed by atoms with van der Waals surface area (Å²) in [7, 11) is 3.06. The van der Waals surface area contributed by atoms with E-state index in [0.717, 1.165) is 21.9 Å². The third-order valence-corrected chi connectivity index (χ3v) is 5.18. The number of nitrogens with zero attached hydrogens (tertiary/aromatic N) is 2. The first kappa shape index (κ1) is 23.5. The van der Waals surface area contributed by atoms with Gasteiger partial charge in [0.2, 0.25) is 0 Å². The zero-order valence-electron chi connectivity index (χ0n) is 19.0. The molecular weight excluding hydrogens is 408 g/mol. The van der Waals surface area contributed by atoms with Gasteiger partial charge in [-0.3, -0.25) is 9.59 Å². The molecule has 7 nitrogen and oxygen atoms in total. The Hall–Kier alpha value is -3.16. The van der Waals surface area contributed by atoms with Crippen LogP contribution in [-0.2, 0) is 25.7 Å². The van der Waals surface area contributed by atoms with Crippen LogP contribution in [0.25, 0.3) is 6.08 Å². The molecule has 0 N–H and O–H groups in total. The number of carbonyl (C=O) groups excluding carboxylic acids is 2. The molecule has 1 fully saturated rings. The second kappa shape index (κ2) is 10.9. The number of piperazine rings is 1. The fraction of sp³-hybridized carbons (Fsp3) is 0.360. The van der Waals surface area contributed by atoms with Crippen molar-refractivity contribution in [3.63, 3.8) is 0 Å². The van der Waals surface area contributed by atoms with Crippen molar-refractivity contribution in [2.24, 2.45) is 5.92 Å². The Bertz CT molecular complexity index is 941. The van der Waals surface area contributed by atoms with E-state index in [2.05, 4.69) is 13.8 Å². The van der Waals surface area contributed by atoms with Gasteiger partial charge in [0, 0.05) is 13.7 Å². The summed E-state index contributed by atoms with van der Waals surface area (Å²) in [4.78, 5) is 34.0. The second-order valence-electron chi connectivity index (χ2n) is 8.03. The maximum Gasteiger partial charge on any atom is 0.301 e. The summed E-state index contributed by atoms with van der Waals surface area (Å²) in [5.41, 5.74) is 2.22. The summed E-state index contributed by atoms with van der Waals surface area (Å²) < 4.78 is 10.2. The van der Waals surface area contributed by atoms with Crippen molar-refractivity contribution in [1.29, 1.82) is 0 Å². The van der Waals surface area contributed by atoms with E-state index in [9.17, 15) is 9.59 Å². The Morgan fingerprint density at radius 3 is 2.28 bits per heavy atom. The number of rotatable bonds is 9. The van der Waals surface area contributed by atoms with E-state index in [-0.39, 0.29) is 18.6 Å². The van der Waals surface area contributed by atoms with E-state index in [0.29, 0.717) is 18.7 Å². The molecule has 170 valence electrons. The van der Waals surface area contributed by atoms with Crippen LogP contribution in [0.5, 0.6) is 5.75 Å². The number of ether oxygens (including phenoxy) is 2. The molecule has 0 saturated carbocycles. The van der Waals surface area contributed by atoms with Crippen LogP contribution in [0.1, 0.15) is 31.4 Å². The van der Waals surface area contributed by atoms with Crippen LogP contribution in [0.4, 0.5) is 0 Å². The first-order valence-electron chi connectivity index (χ1n) is 10.6. The van der Waals surface area contributed by atoms with Crippen LogP contribution < -0.4 is 4.74 Å². The van der Waals surface area contributed by atoms with Crippen molar-refractivity contribution in [3.05, 3.63) is 71.4 Å². The highest BCUT2D eigenvalue weighted by Crippen LogP contribution is 2.30. The lowest BCUT2D eigenvalue weighted by molar-refractivity contribution is -0.226. The number of amides is 2. The summed E-state index contributed by atoms with van der Waals surface area (Å²) in [5.74, 6) is 0.0825. The number of imide groups is 1. The highest BCUT2D eigenvalue weighted by Gasteiger charge is 2.44. The van der Waals surface area contributed by atoms with Gasteiger partial charge in [0.1, 0.15) is 17.5 Å². The molecule has 1 aliphatic rings. The van der Waals surface area contributed by atoms with Crippen molar-refractivity contribution in [1.82, 2.24) is 9.96 Å². The molecular formula is C25H30N2O5. The minimum atomic E-state index is -0.554. The molecule has 2 amide bonds. The van der Waals surface area contributed by atoms with Crippen LogP contribution >= 0.6 is 0 Å². The van der Waals surface area contributed by atoms with Gasteiger partial charge in [-0.15, -0.1) is 5.06 Å². The average Bonchev–Trinajstić information content (AvgIpc) is 2.80. The second-order valence-corrected chi connectivity index (χ2v) is 8.03. The van der Waals surface area contributed by atoms with Crippen molar-refractivity contribution in [2.45, 2.75) is 32.9 Å². The van der Waals surface area contributed by atoms with E-state index in [1.807, 2.05) is 59.5 Å². The van der Waals surface area contributed by atoms with Gasteiger partial charge in [-0.2, -0.15) is 0 Å². The topological polar surface area (TPSA) is 68.3 Å². The predicted molar refractivity (Wildman–Crippen MR) is 121 cm³/mol. The van der Waals surface area contributed by atoms with E-state index in [1.54, 1.807) is 13.2 Å². The fourth-order valence-corrected chi connectivity index (χ4v) is 3.64. The summed E-state index contributed by atoms with van der Waals surface area (Å²) >= 11 is 0. The zero-order valence-corrected chi connectivity index (χ0v) is 19.0. The number of carbonyl (C=O) groups is 2. The predicted octanol–water partition coefficient (Wildman–Crippen LogP) is 3.86. The van der Waals surface area contributed by atoms with E-state index < -0.39 is 11.9 Å². The van der Waals surface area contributed by atoms with Gasteiger partial charge in [-0.1, -0.05) is 56.3 Å². The van der Waals surface area contributed by atoms with Gasteiger partial charge in [-0.25, -0.2) is 4.84 Å². The van der Waals surface area contributed by atoms with Crippen LogP contribution in [0.15, 0.2) is 60.3 Å². The third-order valence-electron chi connectivity index (χ3n) is 5.18. The van der Waals surface area contributed by atoms with Gasteiger partial charge >= 0.3 is 5.91 Å². The molecule has 0 aliphatic carbocycles. The molecule has 0 spiro atoms. The molecule has 0 unspecified atom stereocenters. The Labute approximate surface area is 189 Å². The smallest absolute Gasteiger partial charge is 0.301 e. The molecule has 1 saturated heterocycles. The van der Waals surface area contributed by atoms with Crippen molar-refractivity contribution in [2.75, 3.05) is 21.0 Å². The Morgan fingerprint density at radius 1 is 1.00 bits per heavy atom. The first-order valence-corrected chi connectivity index (χ1v) is 10.6. The maximum absolute atomic E-state index is 13.4. The molecule has 2 aromatic carbocycles. The molecule has 0 radical (unpaired) electrons. The van der Waals surface area contributed by atoms with Gasteiger partial charge < -0.3 is 14.4 Å². The normalized spacial score (nSPS) is 18.0. The van der Waals surface area contributed by atoms with Crippen LogP contribution in [0.2, 0.25) is 0 Å². The van der Waals surface area contributed by atoms with Crippen LogP contribution in [0, 0.1) is 5.92 Å². The van der Waals surface area contributed by atoms with Crippen LogP contribution in [-0.4, -0.2) is 48.8 Å². The SMILES string of the molecule is COCON1C(=O)/C(=C/c2ccccc2)N(Cc2ccc(OC)cc2)[C@@H](CC(C)C)C1=O. The van der Waals surface area contributed by atoms with Crippen LogP contribution in [0.3, 0.4) is 0 Å². The highest BCUT2D eigenvalue weighted by atomic mass is 16.8. The minimum Gasteiger partial charge on any atom is -0.497 e.